The number of rotatable bonds is 5. The first-order valence-electron chi connectivity index (χ1n) is 7.99. The van der Waals surface area contributed by atoms with Gasteiger partial charge in [-0.3, -0.25) is 4.79 Å². The highest BCUT2D eigenvalue weighted by atomic mass is 16.4. The van der Waals surface area contributed by atoms with Gasteiger partial charge in [0.15, 0.2) is 0 Å². The molecule has 3 heteroatoms. The fraction of sp³-hybridized carbons (Fsp3) is 0.611. The highest BCUT2D eigenvalue weighted by Crippen LogP contribution is 2.49. The lowest BCUT2D eigenvalue weighted by Gasteiger charge is -2.42. The van der Waals surface area contributed by atoms with Gasteiger partial charge in [-0.05, 0) is 62.1 Å². The molecular formula is C18H26O3. The smallest absolute Gasteiger partial charge is 0.309 e. The second kappa shape index (κ2) is 6.50. The van der Waals surface area contributed by atoms with Crippen LogP contribution in [0.25, 0.3) is 0 Å². The van der Waals surface area contributed by atoms with Gasteiger partial charge in [0.1, 0.15) is 5.75 Å². The van der Waals surface area contributed by atoms with Crippen molar-refractivity contribution >= 4 is 5.97 Å². The van der Waals surface area contributed by atoms with Crippen LogP contribution >= 0.6 is 0 Å². The van der Waals surface area contributed by atoms with Crippen LogP contribution in [-0.4, -0.2) is 16.2 Å². The number of benzene rings is 1. The van der Waals surface area contributed by atoms with Crippen molar-refractivity contribution in [1.82, 2.24) is 0 Å². The van der Waals surface area contributed by atoms with Gasteiger partial charge in [-0.25, -0.2) is 0 Å². The van der Waals surface area contributed by atoms with Gasteiger partial charge >= 0.3 is 5.97 Å². The molecule has 0 aromatic heterocycles. The van der Waals surface area contributed by atoms with Crippen LogP contribution in [0, 0.1) is 11.3 Å². The number of aliphatic carboxylic acids is 1. The van der Waals surface area contributed by atoms with E-state index in [0.29, 0.717) is 5.92 Å². The molecule has 0 heterocycles. The first-order chi connectivity index (χ1) is 9.97. The van der Waals surface area contributed by atoms with Crippen molar-refractivity contribution in [3.8, 4) is 5.75 Å². The highest BCUT2D eigenvalue weighted by Gasteiger charge is 2.45. The average Bonchev–Trinajstić information content (AvgIpc) is 2.47. The number of unbranched alkanes of at least 4 members (excludes halogenated alkanes) is 1. The second-order valence-corrected chi connectivity index (χ2v) is 6.62. The predicted molar refractivity (Wildman–Crippen MR) is 83.5 cm³/mol. The SMILES string of the molecule is CCCCC1CC(c2ccc(O)cc2)CCC1(C)C(=O)O. The molecule has 2 N–H and O–H groups in total. The molecule has 0 bridgehead atoms. The number of aromatic hydroxyl groups is 1. The first-order valence-corrected chi connectivity index (χ1v) is 7.99. The molecule has 1 aliphatic carbocycles. The maximum Gasteiger partial charge on any atom is 0.309 e. The van der Waals surface area contributed by atoms with Gasteiger partial charge in [0, 0.05) is 0 Å². The van der Waals surface area contributed by atoms with Crippen molar-refractivity contribution in [3.05, 3.63) is 29.8 Å². The summed E-state index contributed by atoms with van der Waals surface area (Å²) in [5, 5.41) is 19.0. The molecule has 3 atom stereocenters. The molecule has 1 aromatic carbocycles. The van der Waals surface area contributed by atoms with Crippen LogP contribution in [0.15, 0.2) is 24.3 Å². The number of phenols is 1. The molecule has 3 nitrogen and oxygen atoms in total. The normalized spacial score (nSPS) is 29.2. The minimum Gasteiger partial charge on any atom is -0.508 e. The summed E-state index contributed by atoms with van der Waals surface area (Å²) in [5.41, 5.74) is 0.643. The third-order valence-corrected chi connectivity index (χ3v) is 5.24. The fourth-order valence-electron chi connectivity index (χ4n) is 3.62. The van der Waals surface area contributed by atoms with E-state index in [1.165, 1.54) is 5.56 Å². The lowest BCUT2D eigenvalue weighted by atomic mass is 9.62. The van der Waals surface area contributed by atoms with Crippen LogP contribution < -0.4 is 0 Å². The third-order valence-electron chi connectivity index (χ3n) is 5.24. The molecule has 0 spiro atoms. The second-order valence-electron chi connectivity index (χ2n) is 6.62. The van der Waals surface area contributed by atoms with Crippen LogP contribution in [0.5, 0.6) is 5.75 Å². The van der Waals surface area contributed by atoms with Crippen LogP contribution in [0.2, 0.25) is 0 Å². The molecule has 0 radical (unpaired) electrons. The Bertz CT molecular complexity index is 480. The van der Waals surface area contributed by atoms with Crippen LogP contribution in [0.1, 0.15) is 63.9 Å². The lowest BCUT2D eigenvalue weighted by molar-refractivity contribution is -0.154. The Morgan fingerprint density at radius 2 is 2.00 bits per heavy atom. The summed E-state index contributed by atoms with van der Waals surface area (Å²) < 4.78 is 0. The van der Waals surface area contributed by atoms with E-state index in [1.807, 2.05) is 19.1 Å². The summed E-state index contributed by atoms with van der Waals surface area (Å²) >= 11 is 0. The number of carboxylic acids is 1. The molecule has 2 rings (SSSR count). The summed E-state index contributed by atoms with van der Waals surface area (Å²) in [5.74, 6) is 0.294. The number of carboxylic acid groups (broad SMARTS) is 1. The zero-order chi connectivity index (χ0) is 15.5. The zero-order valence-electron chi connectivity index (χ0n) is 13.0. The Morgan fingerprint density at radius 1 is 1.33 bits per heavy atom. The van der Waals surface area contributed by atoms with E-state index >= 15 is 0 Å². The van der Waals surface area contributed by atoms with E-state index in [1.54, 1.807) is 12.1 Å². The summed E-state index contributed by atoms with van der Waals surface area (Å²) in [4.78, 5) is 11.7. The Balaban J connectivity index is 2.16. The summed E-state index contributed by atoms with van der Waals surface area (Å²) in [6.07, 6.45) is 5.78. The van der Waals surface area contributed by atoms with E-state index in [9.17, 15) is 15.0 Å². The maximum absolute atomic E-state index is 11.7. The van der Waals surface area contributed by atoms with Gasteiger partial charge in [-0.2, -0.15) is 0 Å². The van der Waals surface area contributed by atoms with E-state index < -0.39 is 11.4 Å². The summed E-state index contributed by atoms with van der Waals surface area (Å²) in [6, 6.07) is 7.39. The Kier molecular flexibility index (Phi) is 4.92. The molecule has 116 valence electrons. The summed E-state index contributed by atoms with van der Waals surface area (Å²) in [7, 11) is 0. The van der Waals surface area contributed by atoms with Crippen molar-refractivity contribution in [1.29, 1.82) is 0 Å². The van der Waals surface area contributed by atoms with Gasteiger partial charge in [-0.15, -0.1) is 0 Å². The minimum atomic E-state index is -0.646. The maximum atomic E-state index is 11.7. The van der Waals surface area contributed by atoms with Crippen molar-refractivity contribution in [3.63, 3.8) is 0 Å². The number of carbonyl (C=O) groups is 1. The van der Waals surface area contributed by atoms with E-state index in [-0.39, 0.29) is 11.7 Å². The Labute approximate surface area is 127 Å². The monoisotopic (exact) mass is 290 g/mol. The van der Waals surface area contributed by atoms with Crippen molar-refractivity contribution < 1.29 is 15.0 Å². The van der Waals surface area contributed by atoms with E-state index in [0.717, 1.165) is 38.5 Å². The first kappa shape index (κ1) is 15.9. The molecule has 21 heavy (non-hydrogen) atoms. The third kappa shape index (κ3) is 3.39. The van der Waals surface area contributed by atoms with Crippen LogP contribution in [-0.2, 0) is 4.79 Å². The van der Waals surface area contributed by atoms with Crippen molar-refractivity contribution in [2.75, 3.05) is 0 Å². The molecular weight excluding hydrogens is 264 g/mol. The molecule has 1 aliphatic rings. The number of hydrogen-bond acceptors (Lipinski definition) is 2. The minimum absolute atomic E-state index is 0.238. The molecule has 0 amide bonds. The average molecular weight is 290 g/mol. The van der Waals surface area contributed by atoms with Crippen molar-refractivity contribution in [2.24, 2.45) is 11.3 Å². The lowest BCUT2D eigenvalue weighted by Crippen LogP contribution is -2.40. The zero-order valence-corrected chi connectivity index (χ0v) is 13.0. The standard InChI is InChI=1S/C18H26O3/c1-3-4-5-15-12-14(10-11-18(15,2)17(20)21)13-6-8-16(19)9-7-13/h6-9,14-15,19H,3-5,10-12H2,1-2H3,(H,20,21). The van der Waals surface area contributed by atoms with Crippen LogP contribution in [0.4, 0.5) is 0 Å². The van der Waals surface area contributed by atoms with Gasteiger partial charge < -0.3 is 10.2 Å². The molecule has 1 aromatic rings. The number of hydrogen-bond donors (Lipinski definition) is 2. The molecule has 1 saturated carbocycles. The summed E-state index contributed by atoms with van der Waals surface area (Å²) in [6.45, 7) is 4.07. The quantitative estimate of drug-likeness (QED) is 0.836. The fourth-order valence-corrected chi connectivity index (χ4v) is 3.62. The Hall–Kier alpha value is -1.51. The van der Waals surface area contributed by atoms with Gasteiger partial charge in [0.05, 0.1) is 5.41 Å². The molecule has 3 unspecified atom stereocenters. The molecule has 1 fully saturated rings. The van der Waals surface area contributed by atoms with Gasteiger partial charge in [0.25, 0.3) is 0 Å². The van der Waals surface area contributed by atoms with E-state index in [2.05, 4.69) is 6.92 Å². The largest absolute Gasteiger partial charge is 0.508 e. The molecule has 0 aliphatic heterocycles. The molecule has 0 saturated heterocycles. The van der Waals surface area contributed by atoms with Gasteiger partial charge in [-0.1, -0.05) is 31.9 Å². The van der Waals surface area contributed by atoms with Crippen LogP contribution in [0.3, 0.4) is 0 Å². The van der Waals surface area contributed by atoms with Gasteiger partial charge in [0.2, 0.25) is 0 Å². The number of phenolic OH excluding ortho intramolecular Hbond substituents is 1. The highest BCUT2D eigenvalue weighted by molar-refractivity contribution is 5.74. The Morgan fingerprint density at radius 3 is 2.57 bits per heavy atom. The topological polar surface area (TPSA) is 57.5 Å². The predicted octanol–water partition coefficient (Wildman–Crippen LogP) is 4.56. The van der Waals surface area contributed by atoms with Crippen molar-refractivity contribution in [2.45, 2.75) is 58.3 Å². The van der Waals surface area contributed by atoms with E-state index in [4.69, 9.17) is 0 Å².